The summed E-state index contributed by atoms with van der Waals surface area (Å²) in [6, 6.07) is 0. The van der Waals surface area contributed by atoms with Gasteiger partial charge in [-0.25, -0.2) is 0 Å². The highest BCUT2D eigenvalue weighted by atomic mass is 35.5. The quantitative estimate of drug-likeness (QED) is 0.598. The molecule has 0 unspecified atom stereocenters. The highest BCUT2D eigenvalue weighted by Crippen LogP contribution is 2.39. The molecule has 0 radical (unpaired) electrons. The van der Waals surface area contributed by atoms with E-state index in [9.17, 15) is 0 Å². The molecule has 0 heterocycles. The maximum Gasteiger partial charge on any atom is 0.0693 e. The molecule has 0 bridgehead atoms. The zero-order valence-electron chi connectivity index (χ0n) is 5.73. The van der Waals surface area contributed by atoms with E-state index in [1.165, 1.54) is 0 Å². The van der Waals surface area contributed by atoms with Crippen molar-refractivity contribution in [3.63, 3.8) is 0 Å². The molecule has 0 aromatic carbocycles. The molecule has 1 fully saturated rings. The van der Waals surface area contributed by atoms with Gasteiger partial charge in [-0.2, -0.15) is 0 Å². The van der Waals surface area contributed by atoms with Crippen molar-refractivity contribution in [2.24, 2.45) is 0 Å². The minimum atomic E-state index is -0.437. The van der Waals surface area contributed by atoms with Crippen molar-refractivity contribution in [3.05, 3.63) is 0 Å². The number of hydrogen-bond acceptors (Lipinski definition) is 0. The zero-order valence-corrected chi connectivity index (χ0v) is 10.3. The van der Waals surface area contributed by atoms with Crippen molar-refractivity contribution in [3.8, 4) is 0 Å². The van der Waals surface area contributed by atoms with Crippen LogP contribution in [0, 0.1) is 0 Å². The summed E-state index contributed by atoms with van der Waals surface area (Å²) in [4.78, 5) is 0. The van der Waals surface area contributed by atoms with Crippen LogP contribution in [-0.2, 0) is 0 Å². The Hall–Kier alpha value is 1.74. The monoisotopic (exact) mass is 288 g/mol. The van der Waals surface area contributed by atoms with E-state index in [2.05, 4.69) is 0 Å². The second-order valence-corrected chi connectivity index (χ2v) is 5.69. The van der Waals surface area contributed by atoms with Crippen molar-refractivity contribution in [2.45, 2.75) is 32.3 Å². The van der Waals surface area contributed by atoms with Crippen LogP contribution in [0.25, 0.3) is 0 Å². The third-order valence-electron chi connectivity index (χ3n) is 1.83. The predicted octanol–water partition coefficient (Wildman–Crippen LogP) is 3.64. The molecule has 1 rings (SSSR count). The van der Waals surface area contributed by atoms with E-state index in [1.807, 2.05) is 0 Å². The predicted molar refractivity (Wildman–Crippen MR) is 57.8 cm³/mol. The largest absolute Gasteiger partial charge is 0.120 e. The maximum atomic E-state index is 5.88. The topological polar surface area (TPSA) is 0 Å². The van der Waals surface area contributed by atoms with Gasteiger partial charge in [0.1, 0.15) is 0 Å². The van der Waals surface area contributed by atoms with Crippen molar-refractivity contribution in [1.82, 2.24) is 0 Å². The first-order chi connectivity index (χ1) is 5.46. The number of hydrogen-bond donors (Lipinski definition) is 0. The van der Waals surface area contributed by atoms with Crippen molar-refractivity contribution in [2.75, 3.05) is 0 Å². The first-order valence-corrected chi connectivity index (χ1v) is 5.93. The fraction of sp³-hybridized carbons (Fsp3) is 1.00. The van der Waals surface area contributed by atoms with Crippen LogP contribution in [0.3, 0.4) is 0 Å². The first kappa shape index (κ1) is 11.8. The second kappa shape index (κ2) is 4.51. The Labute approximate surface area is 101 Å². The lowest BCUT2D eigenvalue weighted by atomic mass is 9.97. The van der Waals surface area contributed by atoms with Gasteiger partial charge in [-0.3, -0.25) is 0 Å². The Morgan fingerprint density at radius 3 is 0.500 bits per heavy atom. The van der Waals surface area contributed by atoms with E-state index in [4.69, 9.17) is 69.6 Å². The Bertz CT molecular complexity index is 104. The van der Waals surface area contributed by atoms with Gasteiger partial charge in [-0.1, -0.05) is 0 Å². The van der Waals surface area contributed by atoms with Gasteiger partial charge >= 0.3 is 0 Å². The van der Waals surface area contributed by atoms with Crippen LogP contribution in [0.15, 0.2) is 0 Å². The van der Waals surface area contributed by atoms with Crippen LogP contribution in [-0.4, -0.2) is 32.3 Å². The molecule has 12 heavy (non-hydrogen) atoms. The molecule has 0 aromatic heterocycles. The molecule has 0 nitrogen and oxygen atoms in total. The first-order valence-electron chi connectivity index (χ1n) is 3.31. The number of alkyl halides is 6. The number of halogens is 6. The summed E-state index contributed by atoms with van der Waals surface area (Å²) in [7, 11) is 0. The van der Waals surface area contributed by atoms with Gasteiger partial charge in [-0.15, -0.1) is 69.6 Å². The molecule has 0 spiro atoms. The van der Waals surface area contributed by atoms with E-state index in [-0.39, 0.29) is 0 Å². The van der Waals surface area contributed by atoms with Crippen molar-refractivity contribution < 1.29 is 0 Å². The molecule has 0 N–H and O–H groups in total. The Morgan fingerprint density at radius 1 is 0.333 bits per heavy atom. The average molecular weight is 291 g/mol. The summed E-state index contributed by atoms with van der Waals surface area (Å²) in [5, 5.41) is -2.62. The molecule has 6 heteroatoms. The van der Waals surface area contributed by atoms with Crippen LogP contribution in [0.1, 0.15) is 0 Å². The molecule has 0 aromatic rings. The SMILES string of the molecule is Cl[C@H]1[C@H](Cl)[C@H](Cl)[C@@H](Cl)[C@H](Cl)[C@H]1Cl. The van der Waals surface area contributed by atoms with E-state index in [0.717, 1.165) is 0 Å². The summed E-state index contributed by atoms with van der Waals surface area (Å²) in [6.45, 7) is 0. The smallest absolute Gasteiger partial charge is 0.0693 e. The summed E-state index contributed by atoms with van der Waals surface area (Å²) in [5.41, 5.74) is 0. The summed E-state index contributed by atoms with van der Waals surface area (Å²) in [6.07, 6.45) is 0. The van der Waals surface area contributed by atoms with Crippen LogP contribution in [0.4, 0.5) is 0 Å². The van der Waals surface area contributed by atoms with E-state index in [1.54, 1.807) is 0 Å². The molecule has 1 aliphatic carbocycles. The third-order valence-corrected chi connectivity index (χ3v) is 5.86. The standard InChI is InChI=1S/C6H6Cl6/c7-1-2(8)4(10)6(12)5(11)3(1)9/h1-6H/t1-,2-,3-,4-,5+,6+/m0/s1. The fourth-order valence-corrected chi connectivity index (χ4v) is 3.38. The van der Waals surface area contributed by atoms with Gasteiger partial charge < -0.3 is 0 Å². The highest BCUT2D eigenvalue weighted by Gasteiger charge is 2.46. The lowest BCUT2D eigenvalue weighted by Crippen LogP contribution is -2.52. The minimum absolute atomic E-state index is 0.437. The third kappa shape index (κ3) is 2.04. The lowest BCUT2D eigenvalue weighted by molar-refractivity contribution is 0.544. The van der Waals surface area contributed by atoms with Crippen molar-refractivity contribution >= 4 is 69.6 Å². The highest BCUT2D eigenvalue weighted by molar-refractivity contribution is 6.45. The molecular weight excluding hydrogens is 285 g/mol. The van der Waals surface area contributed by atoms with E-state index >= 15 is 0 Å². The minimum Gasteiger partial charge on any atom is -0.120 e. The summed E-state index contributed by atoms with van der Waals surface area (Å²) < 4.78 is 0. The van der Waals surface area contributed by atoms with Crippen LogP contribution >= 0.6 is 69.6 Å². The van der Waals surface area contributed by atoms with E-state index in [0.29, 0.717) is 0 Å². The number of rotatable bonds is 0. The fourth-order valence-electron chi connectivity index (χ4n) is 1.05. The molecule has 0 atom stereocenters. The molecule has 72 valence electrons. The second-order valence-electron chi connectivity index (χ2n) is 2.67. The zero-order chi connectivity index (χ0) is 9.46. The molecular formula is C6H6Cl6. The average Bonchev–Trinajstić information content (AvgIpc) is 2.08. The van der Waals surface area contributed by atoms with Gasteiger partial charge in [-0.05, 0) is 0 Å². The molecule has 0 amide bonds. The lowest BCUT2D eigenvalue weighted by Gasteiger charge is -2.37. The molecule has 0 saturated heterocycles. The Balaban J connectivity index is 2.76. The molecule has 1 aliphatic rings. The Morgan fingerprint density at radius 2 is 0.417 bits per heavy atom. The van der Waals surface area contributed by atoms with Crippen LogP contribution in [0.2, 0.25) is 0 Å². The van der Waals surface area contributed by atoms with Gasteiger partial charge in [0.15, 0.2) is 0 Å². The van der Waals surface area contributed by atoms with E-state index < -0.39 is 32.3 Å². The maximum absolute atomic E-state index is 5.88. The van der Waals surface area contributed by atoms with Gasteiger partial charge in [0.05, 0.1) is 32.3 Å². The van der Waals surface area contributed by atoms with Gasteiger partial charge in [0.2, 0.25) is 0 Å². The molecule has 0 aliphatic heterocycles. The van der Waals surface area contributed by atoms with Crippen LogP contribution < -0.4 is 0 Å². The normalized spacial score (nSPS) is 55.5. The van der Waals surface area contributed by atoms with Gasteiger partial charge in [0.25, 0.3) is 0 Å². The van der Waals surface area contributed by atoms with Crippen molar-refractivity contribution in [1.29, 1.82) is 0 Å². The van der Waals surface area contributed by atoms with Gasteiger partial charge in [0, 0.05) is 0 Å². The Kier molecular flexibility index (Phi) is 4.44. The summed E-state index contributed by atoms with van der Waals surface area (Å²) in [5.74, 6) is 0. The molecule has 1 saturated carbocycles. The van der Waals surface area contributed by atoms with Crippen LogP contribution in [0.5, 0.6) is 0 Å². The summed E-state index contributed by atoms with van der Waals surface area (Å²) >= 11 is 35.3.